The van der Waals surface area contributed by atoms with Crippen molar-refractivity contribution in [2.75, 3.05) is 9.80 Å². The lowest BCUT2D eigenvalue weighted by Gasteiger charge is -2.40. The minimum absolute atomic E-state index is 0. The van der Waals surface area contributed by atoms with Crippen LogP contribution in [0.4, 0.5) is 11.4 Å². The summed E-state index contributed by atoms with van der Waals surface area (Å²) in [6, 6.07) is 11.9. The van der Waals surface area contributed by atoms with Gasteiger partial charge in [-0.1, -0.05) is 24.3 Å². The summed E-state index contributed by atoms with van der Waals surface area (Å²) >= 11 is 0. The molecule has 0 saturated heterocycles. The monoisotopic (exact) mass is 478 g/mol. The number of rotatable bonds is 2. The Hall–Kier alpha value is -3.24. The fraction of sp³-hybridized carbons (Fsp3) is 0.300. The standard InChI is InChI=1S/C20H26N10.2ClH/c1-19(2)27-15(21)25-17(23)29(19)13-9-5-8-12-11(13)7-6-10-14(12)30-18(24)26-16(22)28-20(30,3)4;;/h5-10H,1-4H3,(H4,21,23,25,27)(H4,22,24,26,28);2*1H. The van der Waals surface area contributed by atoms with Crippen LogP contribution in [-0.4, -0.2) is 35.2 Å². The van der Waals surface area contributed by atoms with Gasteiger partial charge >= 0.3 is 0 Å². The van der Waals surface area contributed by atoms with Gasteiger partial charge < -0.3 is 22.9 Å². The Morgan fingerprint density at radius 2 is 0.969 bits per heavy atom. The SMILES string of the molecule is CC1(C)N=C(N)N=C(N)N1c1cccc2c(N3C(N)=NC(N)=NC3(C)C)cccc12.Cl.Cl. The molecule has 2 aliphatic rings. The fourth-order valence-corrected chi connectivity index (χ4v) is 4.11. The molecule has 10 nitrogen and oxygen atoms in total. The molecular weight excluding hydrogens is 451 g/mol. The van der Waals surface area contributed by atoms with Gasteiger partial charge in [-0.3, -0.25) is 9.80 Å². The maximum absolute atomic E-state index is 6.26. The maximum atomic E-state index is 6.26. The molecule has 0 saturated carbocycles. The lowest BCUT2D eigenvalue weighted by atomic mass is 10.0. The van der Waals surface area contributed by atoms with Crippen molar-refractivity contribution < 1.29 is 0 Å². The highest BCUT2D eigenvalue weighted by Crippen LogP contribution is 2.39. The second-order valence-electron chi connectivity index (χ2n) is 8.19. The van der Waals surface area contributed by atoms with Gasteiger partial charge in [0.25, 0.3) is 0 Å². The van der Waals surface area contributed by atoms with Gasteiger partial charge in [0.05, 0.1) is 11.4 Å². The van der Waals surface area contributed by atoms with Crippen molar-refractivity contribution in [3.8, 4) is 0 Å². The zero-order valence-corrected chi connectivity index (χ0v) is 19.9. The van der Waals surface area contributed by atoms with Crippen LogP contribution >= 0.6 is 24.8 Å². The number of nitrogens with two attached hydrogens (primary N) is 4. The van der Waals surface area contributed by atoms with E-state index in [4.69, 9.17) is 22.9 Å². The van der Waals surface area contributed by atoms with Gasteiger partial charge in [0.15, 0.2) is 0 Å². The van der Waals surface area contributed by atoms with E-state index < -0.39 is 11.3 Å². The average Bonchev–Trinajstić information content (AvgIpc) is 2.59. The van der Waals surface area contributed by atoms with E-state index in [-0.39, 0.29) is 48.7 Å². The molecule has 2 aliphatic heterocycles. The summed E-state index contributed by atoms with van der Waals surface area (Å²) in [4.78, 5) is 21.0. The third-order valence-electron chi connectivity index (χ3n) is 5.14. The van der Waals surface area contributed by atoms with Crippen LogP contribution in [0.15, 0.2) is 56.4 Å². The largest absolute Gasteiger partial charge is 0.369 e. The molecule has 2 aromatic rings. The molecule has 0 unspecified atom stereocenters. The van der Waals surface area contributed by atoms with Crippen LogP contribution in [0.1, 0.15) is 27.7 Å². The van der Waals surface area contributed by atoms with E-state index >= 15 is 0 Å². The molecule has 0 spiro atoms. The fourth-order valence-electron chi connectivity index (χ4n) is 4.11. The molecule has 0 radical (unpaired) electrons. The van der Waals surface area contributed by atoms with Crippen LogP contribution in [0.2, 0.25) is 0 Å². The first-order valence-electron chi connectivity index (χ1n) is 9.52. The first-order chi connectivity index (χ1) is 14.0. The molecule has 32 heavy (non-hydrogen) atoms. The summed E-state index contributed by atoms with van der Waals surface area (Å²) in [5, 5.41) is 1.89. The Kier molecular flexibility index (Phi) is 6.54. The molecule has 0 bridgehead atoms. The van der Waals surface area contributed by atoms with Crippen LogP contribution in [0, 0.1) is 0 Å². The predicted octanol–water partition coefficient (Wildman–Crippen LogP) is 2.05. The van der Waals surface area contributed by atoms with Crippen LogP contribution in [-0.2, 0) is 0 Å². The molecule has 0 atom stereocenters. The van der Waals surface area contributed by atoms with Gasteiger partial charge in [-0.05, 0) is 39.8 Å². The summed E-state index contributed by atoms with van der Waals surface area (Å²) in [5.41, 5.74) is 24.5. The molecule has 0 aliphatic carbocycles. The van der Waals surface area contributed by atoms with Gasteiger partial charge in [0.1, 0.15) is 11.3 Å². The highest BCUT2D eigenvalue weighted by atomic mass is 35.5. The molecule has 12 heteroatoms. The molecule has 0 amide bonds. The van der Waals surface area contributed by atoms with Crippen molar-refractivity contribution in [2.45, 2.75) is 39.0 Å². The van der Waals surface area contributed by atoms with Crippen LogP contribution in [0.5, 0.6) is 0 Å². The Balaban J connectivity index is 0.00000181. The second kappa shape index (κ2) is 8.36. The number of hydrogen-bond acceptors (Lipinski definition) is 10. The number of benzene rings is 2. The highest BCUT2D eigenvalue weighted by Gasteiger charge is 2.36. The Labute approximate surface area is 199 Å². The van der Waals surface area contributed by atoms with Crippen molar-refractivity contribution in [1.82, 2.24) is 0 Å². The summed E-state index contributed by atoms with van der Waals surface area (Å²) in [6.07, 6.45) is 0. The number of fused-ring (bicyclic) bond motifs is 1. The first-order valence-corrected chi connectivity index (χ1v) is 9.52. The summed E-state index contributed by atoms with van der Waals surface area (Å²) < 4.78 is 0. The van der Waals surface area contributed by atoms with Gasteiger partial charge in [-0.2, -0.15) is 9.98 Å². The Bertz CT molecular complexity index is 1070. The number of aliphatic imine (C=N–C) groups is 4. The van der Waals surface area contributed by atoms with E-state index in [2.05, 4.69) is 20.0 Å². The predicted molar refractivity (Wildman–Crippen MR) is 138 cm³/mol. The van der Waals surface area contributed by atoms with Crippen LogP contribution < -0.4 is 32.7 Å². The third kappa shape index (κ3) is 3.98. The topological polar surface area (TPSA) is 160 Å². The van der Waals surface area contributed by atoms with Crippen molar-refractivity contribution in [2.24, 2.45) is 42.9 Å². The Morgan fingerprint density at radius 1 is 0.625 bits per heavy atom. The Morgan fingerprint density at radius 3 is 1.28 bits per heavy atom. The van der Waals surface area contributed by atoms with E-state index in [1.54, 1.807) is 0 Å². The average molecular weight is 479 g/mol. The van der Waals surface area contributed by atoms with Gasteiger partial charge in [0, 0.05) is 10.8 Å². The van der Waals surface area contributed by atoms with E-state index in [0.29, 0.717) is 0 Å². The van der Waals surface area contributed by atoms with Crippen LogP contribution in [0.25, 0.3) is 10.8 Å². The smallest absolute Gasteiger partial charge is 0.220 e. The summed E-state index contributed by atoms with van der Waals surface area (Å²) in [6.45, 7) is 7.72. The van der Waals surface area contributed by atoms with Crippen molar-refractivity contribution >= 4 is 70.8 Å². The molecule has 2 heterocycles. The minimum Gasteiger partial charge on any atom is -0.369 e. The molecule has 8 N–H and O–H groups in total. The zero-order chi connectivity index (χ0) is 21.8. The molecule has 0 fully saturated rings. The summed E-state index contributed by atoms with van der Waals surface area (Å²) in [5.74, 6) is 0.873. The lowest BCUT2D eigenvalue weighted by Crippen LogP contribution is -2.54. The number of halogens is 2. The normalized spacial score (nSPS) is 19.1. The van der Waals surface area contributed by atoms with Gasteiger partial charge in [-0.25, -0.2) is 9.98 Å². The number of hydrogen-bond donors (Lipinski definition) is 4. The van der Waals surface area contributed by atoms with Crippen molar-refractivity contribution in [1.29, 1.82) is 0 Å². The molecule has 4 rings (SSSR count). The quantitative estimate of drug-likeness (QED) is 0.516. The number of guanidine groups is 4. The van der Waals surface area contributed by atoms with E-state index in [1.807, 2.05) is 73.9 Å². The second-order valence-corrected chi connectivity index (χ2v) is 8.19. The molecular formula is C20H28Cl2N10. The van der Waals surface area contributed by atoms with Crippen molar-refractivity contribution in [3.05, 3.63) is 36.4 Å². The molecule has 0 aromatic heterocycles. The number of nitrogens with zero attached hydrogens (tertiary/aromatic N) is 6. The van der Waals surface area contributed by atoms with E-state index in [1.165, 1.54) is 0 Å². The van der Waals surface area contributed by atoms with Crippen LogP contribution in [0.3, 0.4) is 0 Å². The van der Waals surface area contributed by atoms with Gasteiger partial charge in [0.2, 0.25) is 23.8 Å². The molecule has 2 aromatic carbocycles. The van der Waals surface area contributed by atoms with Gasteiger partial charge in [-0.15, -0.1) is 24.8 Å². The lowest BCUT2D eigenvalue weighted by molar-refractivity contribution is 0.533. The molecule has 172 valence electrons. The minimum atomic E-state index is -0.705. The third-order valence-corrected chi connectivity index (χ3v) is 5.14. The van der Waals surface area contributed by atoms with E-state index in [9.17, 15) is 0 Å². The highest BCUT2D eigenvalue weighted by molar-refractivity contribution is 6.15. The first kappa shape index (κ1) is 25.0. The van der Waals surface area contributed by atoms with E-state index in [0.717, 1.165) is 22.1 Å². The van der Waals surface area contributed by atoms with Crippen molar-refractivity contribution in [3.63, 3.8) is 0 Å². The summed E-state index contributed by atoms with van der Waals surface area (Å²) in [7, 11) is 0. The maximum Gasteiger partial charge on any atom is 0.220 e. The zero-order valence-electron chi connectivity index (χ0n) is 18.3. The number of anilines is 2.